The molecule has 2 aromatic heterocycles. The first-order chi connectivity index (χ1) is 14.7. The molecule has 0 radical (unpaired) electrons. The van der Waals surface area contributed by atoms with Crippen molar-refractivity contribution in [2.24, 2.45) is 4.99 Å². The molecular formula is C21H21N5O4. The predicted molar refractivity (Wildman–Crippen MR) is 108 cm³/mol. The quantitative estimate of drug-likeness (QED) is 0.668. The molecule has 3 heterocycles. The van der Waals surface area contributed by atoms with E-state index in [1.807, 2.05) is 16.7 Å². The second-order valence-electron chi connectivity index (χ2n) is 7.47. The van der Waals surface area contributed by atoms with Crippen molar-refractivity contribution in [3.05, 3.63) is 47.9 Å². The largest absolute Gasteiger partial charge is 0.480 e. The summed E-state index contributed by atoms with van der Waals surface area (Å²) < 4.78 is 13.1. The third kappa shape index (κ3) is 3.57. The van der Waals surface area contributed by atoms with Crippen molar-refractivity contribution in [1.82, 2.24) is 19.7 Å². The van der Waals surface area contributed by atoms with E-state index < -0.39 is 5.97 Å². The third-order valence-corrected chi connectivity index (χ3v) is 5.50. The van der Waals surface area contributed by atoms with Crippen LogP contribution in [0, 0.1) is 0 Å². The fourth-order valence-corrected chi connectivity index (χ4v) is 4.10. The number of aromatic nitrogens is 4. The Bertz CT molecular complexity index is 1130. The van der Waals surface area contributed by atoms with Gasteiger partial charge in [-0.2, -0.15) is 5.10 Å². The lowest BCUT2D eigenvalue weighted by Crippen LogP contribution is -2.19. The van der Waals surface area contributed by atoms with Crippen LogP contribution in [0.4, 0.5) is 5.82 Å². The van der Waals surface area contributed by atoms with E-state index in [0.29, 0.717) is 11.3 Å². The van der Waals surface area contributed by atoms with Crippen molar-refractivity contribution in [1.29, 1.82) is 0 Å². The molecule has 1 saturated heterocycles. The van der Waals surface area contributed by atoms with Gasteiger partial charge in [-0.1, -0.05) is 24.3 Å². The Kier molecular flexibility index (Phi) is 4.97. The minimum Gasteiger partial charge on any atom is -0.480 e. The molecule has 0 bridgehead atoms. The topological polar surface area (TPSA) is 112 Å². The number of nitrogens with zero attached hydrogens (tertiary/aromatic N) is 5. The summed E-state index contributed by atoms with van der Waals surface area (Å²) in [6.07, 6.45) is 6.48. The summed E-state index contributed by atoms with van der Waals surface area (Å²) in [7, 11) is 0. The van der Waals surface area contributed by atoms with Gasteiger partial charge < -0.3 is 19.1 Å². The second kappa shape index (κ2) is 7.92. The molecule has 2 aliphatic rings. The lowest BCUT2D eigenvalue weighted by Gasteiger charge is -2.15. The Balaban J connectivity index is 1.37. The first-order valence-corrected chi connectivity index (χ1v) is 9.98. The number of aliphatic imine (C=N–C) groups is 1. The van der Waals surface area contributed by atoms with E-state index in [-0.39, 0.29) is 25.5 Å². The molecule has 1 fully saturated rings. The zero-order valence-electron chi connectivity index (χ0n) is 16.3. The lowest BCUT2D eigenvalue weighted by molar-refractivity contribution is -0.143. The van der Waals surface area contributed by atoms with Crippen LogP contribution in [0.3, 0.4) is 0 Å². The van der Waals surface area contributed by atoms with E-state index in [1.54, 1.807) is 12.5 Å². The normalized spacial score (nSPS) is 22.1. The molecule has 1 N–H and O–H groups in total. The van der Waals surface area contributed by atoms with Crippen LogP contribution in [0.2, 0.25) is 0 Å². The van der Waals surface area contributed by atoms with Crippen LogP contribution in [0.25, 0.3) is 11.0 Å². The molecule has 9 heteroatoms. The van der Waals surface area contributed by atoms with Gasteiger partial charge in [-0.25, -0.2) is 14.8 Å². The SMILES string of the molecule is O=C(O)COC[C@@H]1CCC(n2cnc3c(/N=C4/CCc5ccccc54)nncc32)O1. The number of aliphatic carboxylic acids is 1. The predicted octanol–water partition coefficient (Wildman–Crippen LogP) is 2.67. The molecule has 1 aliphatic carbocycles. The fourth-order valence-electron chi connectivity index (χ4n) is 4.10. The highest BCUT2D eigenvalue weighted by Crippen LogP contribution is 2.33. The average molecular weight is 407 g/mol. The number of carboxylic acid groups (broad SMARTS) is 1. The lowest BCUT2D eigenvalue weighted by atomic mass is 10.1. The minimum atomic E-state index is -0.984. The van der Waals surface area contributed by atoms with E-state index in [9.17, 15) is 4.79 Å². The molecule has 0 spiro atoms. The number of aryl methyl sites for hydroxylation is 1. The maximum absolute atomic E-state index is 10.6. The van der Waals surface area contributed by atoms with Crippen molar-refractivity contribution >= 4 is 28.5 Å². The van der Waals surface area contributed by atoms with Crippen molar-refractivity contribution in [2.75, 3.05) is 13.2 Å². The summed E-state index contributed by atoms with van der Waals surface area (Å²) in [4.78, 5) is 19.9. The van der Waals surface area contributed by atoms with E-state index in [4.69, 9.17) is 19.6 Å². The van der Waals surface area contributed by atoms with E-state index in [0.717, 1.165) is 36.9 Å². The Hall–Kier alpha value is -3.17. The van der Waals surface area contributed by atoms with Gasteiger partial charge in [0.05, 0.1) is 36.5 Å². The summed E-state index contributed by atoms with van der Waals surface area (Å²) >= 11 is 0. The van der Waals surface area contributed by atoms with Crippen LogP contribution in [0.5, 0.6) is 0 Å². The van der Waals surface area contributed by atoms with Crippen LogP contribution in [0.1, 0.15) is 36.6 Å². The van der Waals surface area contributed by atoms with Crippen LogP contribution in [-0.4, -0.2) is 55.9 Å². The van der Waals surface area contributed by atoms with Gasteiger partial charge in [0.1, 0.15) is 18.4 Å². The maximum Gasteiger partial charge on any atom is 0.329 e. The molecule has 154 valence electrons. The van der Waals surface area contributed by atoms with Crippen LogP contribution in [0.15, 0.2) is 41.8 Å². The Morgan fingerprint density at radius 3 is 3.10 bits per heavy atom. The van der Waals surface area contributed by atoms with Crippen molar-refractivity contribution < 1.29 is 19.4 Å². The number of imidazole rings is 1. The molecule has 2 atom stereocenters. The number of carboxylic acids is 1. The molecule has 1 aromatic carbocycles. The standard InChI is InChI=1S/C21H21N5O4/c27-19(28)11-29-10-14-6-8-18(30-14)26-12-22-20-17(26)9-23-25-21(20)24-16-7-5-13-3-1-2-4-15(13)16/h1-4,9,12,14,18H,5-8,10-11H2,(H,27,28)/b24-16-/t14-,18?/m0/s1. The molecule has 30 heavy (non-hydrogen) atoms. The molecule has 1 unspecified atom stereocenters. The van der Waals surface area contributed by atoms with Gasteiger partial charge in [0.15, 0.2) is 0 Å². The number of fused-ring (bicyclic) bond motifs is 2. The summed E-state index contributed by atoms with van der Waals surface area (Å²) in [5.74, 6) is -0.472. The number of rotatable bonds is 6. The monoisotopic (exact) mass is 407 g/mol. The van der Waals surface area contributed by atoms with Crippen LogP contribution < -0.4 is 0 Å². The smallest absolute Gasteiger partial charge is 0.329 e. The van der Waals surface area contributed by atoms with E-state index in [1.165, 1.54) is 11.1 Å². The fraction of sp³-hybridized carbons (Fsp3) is 0.381. The number of hydrogen-bond acceptors (Lipinski definition) is 7. The molecule has 1 aliphatic heterocycles. The van der Waals surface area contributed by atoms with Crippen molar-refractivity contribution in [2.45, 2.75) is 38.0 Å². The van der Waals surface area contributed by atoms with Crippen LogP contribution in [-0.2, 0) is 20.7 Å². The van der Waals surface area contributed by atoms with Gasteiger partial charge in [0, 0.05) is 0 Å². The summed E-state index contributed by atoms with van der Waals surface area (Å²) in [5.41, 5.74) is 4.98. The third-order valence-electron chi connectivity index (χ3n) is 5.50. The first-order valence-electron chi connectivity index (χ1n) is 9.98. The molecule has 5 rings (SSSR count). The van der Waals surface area contributed by atoms with Crippen LogP contribution >= 0.6 is 0 Å². The number of carbonyl (C=O) groups is 1. The molecule has 9 nitrogen and oxygen atoms in total. The zero-order valence-corrected chi connectivity index (χ0v) is 16.3. The summed E-state index contributed by atoms with van der Waals surface area (Å²) in [6.45, 7) is -0.0610. The number of ether oxygens (including phenoxy) is 2. The van der Waals surface area contributed by atoms with Gasteiger partial charge in [-0.3, -0.25) is 0 Å². The second-order valence-corrected chi connectivity index (χ2v) is 7.47. The van der Waals surface area contributed by atoms with Crippen molar-refractivity contribution in [3.8, 4) is 0 Å². The maximum atomic E-state index is 10.6. The van der Waals surface area contributed by atoms with Gasteiger partial charge in [-0.15, -0.1) is 5.10 Å². The van der Waals surface area contributed by atoms with Gasteiger partial charge in [-0.05, 0) is 36.8 Å². The Morgan fingerprint density at radius 2 is 2.20 bits per heavy atom. The highest BCUT2D eigenvalue weighted by atomic mass is 16.6. The average Bonchev–Trinajstić information content (AvgIpc) is 3.47. The highest BCUT2D eigenvalue weighted by molar-refractivity contribution is 6.06. The number of benzene rings is 1. The Labute approximate surface area is 172 Å². The highest BCUT2D eigenvalue weighted by Gasteiger charge is 2.28. The van der Waals surface area contributed by atoms with Gasteiger partial charge in [0.25, 0.3) is 0 Å². The summed E-state index contributed by atoms with van der Waals surface area (Å²) in [5, 5.41) is 17.1. The minimum absolute atomic E-state index is 0.142. The van der Waals surface area contributed by atoms with E-state index >= 15 is 0 Å². The van der Waals surface area contributed by atoms with E-state index in [2.05, 4.69) is 27.3 Å². The first kappa shape index (κ1) is 18.8. The molecule has 0 saturated carbocycles. The van der Waals surface area contributed by atoms with Crippen molar-refractivity contribution in [3.63, 3.8) is 0 Å². The van der Waals surface area contributed by atoms with Gasteiger partial charge >= 0.3 is 5.97 Å². The van der Waals surface area contributed by atoms with Gasteiger partial charge in [0.2, 0.25) is 5.82 Å². The molecule has 3 aromatic rings. The summed E-state index contributed by atoms with van der Waals surface area (Å²) in [6, 6.07) is 8.29. The Morgan fingerprint density at radius 1 is 1.30 bits per heavy atom. The molecule has 0 amide bonds. The zero-order chi connectivity index (χ0) is 20.5. The number of hydrogen-bond donors (Lipinski definition) is 1. The molecular weight excluding hydrogens is 386 g/mol.